The van der Waals surface area contributed by atoms with Gasteiger partial charge in [-0.15, -0.1) is 0 Å². The van der Waals surface area contributed by atoms with Crippen LogP contribution in [0.15, 0.2) is 18.3 Å². The molecule has 1 aromatic heterocycles. The lowest BCUT2D eigenvalue weighted by atomic mass is 9.94. The van der Waals surface area contributed by atoms with Gasteiger partial charge in [-0.3, -0.25) is 14.7 Å². The summed E-state index contributed by atoms with van der Waals surface area (Å²) in [6, 6.07) is 3.30. The molecule has 0 aromatic carbocycles. The highest BCUT2D eigenvalue weighted by Gasteiger charge is 2.25. The Balaban J connectivity index is 1.97. The molecular formula is C14H18N2O3. The van der Waals surface area contributed by atoms with Crippen LogP contribution in [0.1, 0.15) is 35.8 Å². The maximum Gasteiger partial charge on any atom is 0.337 e. The van der Waals surface area contributed by atoms with Crippen molar-refractivity contribution in [2.24, 2.45) is 5.92 Å². The second-order valence-corrected chi connectivity index (χ2v) is 4.90. The van der Waals surface area contributed by atoms with E-state index in [1.54, 1.807) is 12.1 Å². The molecule has 1 atom stereocenters. The standard InChI is InChI=1S/C14H18N2O3/c1-2-10-8-16(6-5-13(10)17)9-12-4-3-11(7-15-12)14(18)19/h3-4,7,10H,2,5-6,8-9H2,1H3,(H,18,19). The van der Waals surface area contributed by atoms with Crippen LogP contribution in [-0.2, 0) is 11.3 Å². The van der Waals surface area contributed by atoms with Gasteiger partial charge in [0.2, 0.25) is 0 Å². The van der Waals surface area contributed by atoms with E-state index in [2.05, 4.69) is 9.88 Å². The Hall–Kier alpha value is -1.75. The average Bonchev–Trinajstić information content (AvgIpc) is 2.41. The zero-order valence-electron chi connectivity index (χ0n) is 11.0. The molecule has 5 nitrogen and oxygen atoms in total. The van der Waals surface area contributed by atoms with Crippen LogP contribution in [0.25, 0.3) is 0 Å². The Labute approximate surface area is 112 Å². The highest BCUT2D eigenvalue weighted by Crippen LogP contribution is 2.17. The minimum Gasteiger partial charge on any atom is -0.478 e. The van der Waals surface area contributed by atoms with Crippen molar-refractivity contribution in [3.8, 4) is 0 Å². The van der Waals surface area contributed by atoms with Crippen LogP contribution in [0.5, 0.6) is 0 Å². The number of aromatic nitrogens is 1. The first-order chi connectivity index (χ1) is 9.10. The van der Waals surface area contributed by atoms with Gasteiger partial charge in [0.05, 0.1) is 11.3 Å². The predicted octanol–water partition coefficient (Wildman–Crippen LogP) is 1.58. The second-order valence-electron chi connectivity index (χ2n) is 4.90. The molecule has 1 aromatic rings. The molecule has 0 amide bonds. The molecular weight excluding hydrogens is 244 g/mol. The van der Waals surface area contributed by atoms with Gasteiger partial charge in [0.25, 0.3) is 0 Å². The number of hydrogen-bond acceptors (Lipinski definition) is 4. The number of likely N-dealkylation sites (tertiary alicyclic amines) is 1. The summed E-state index contributed by atoms with van der Waals surface area (Å²) in [7, 11) is 0. The van der Waals surface area contributed by atoms with Crippen LogP contribution in [0, 0.1) is 5.92 Å². The molecule has 0 bridgehead atoms. The van der Waals surface area contributed by atoms with E-state index in [1.165, 1.54) is 6.20 Å². The number of hydrogen-bond donors (Lipinski definition) is 1. The summed E-state index contributed by atoms with van der Waals surface area (Å²) < 4.78 is 0. The number of ketones is 1. The number of carbonyl (C=O) groups is 2. The second kappa shape index (κ2) is 5.93. The van der Waals surface area contributed by atoms with Crippen LogP contribution < -0.4 is 0 Å². The first-order valence-corrected chi connectivity index (χ1v) is 6.53. The minimum atomic E-state index is -0.964. The van der Waals surface area contributed by atoms with E-state index in [0.717, 1.165) is 25.2 Å². The average molecular weight is 262 g/mol. The summed E-state index contributed by atoms with van der Waals surface area (Å²) in [5.74, 6) is -0.478. The molecule has 1 fully saturated rings. The van der Waals surface area contributed by atoms with Crippen LogP contribution in [0.3, 0.4) is 0 Å². The highest BCUT2D eigenvalue weighted by atomic mass is 16.4. The van der Waals surface area contributed by atoms with Crippen molar-refractivity contribution in [3.63, 3.8) is 0 Å². The number of aromatic carboxylic acids is 1. The van der Waals surface area contributed by atoms with Gasteiger partial charge < -0.3 is 5.11 Å². The minimum absolute atomic E-state index is 0.132. The van der Waals surface area contributed by atoms with E-state index < -0.39 is 5.97 Å². The monoisotopic (exact) mass is 262 g/mol. The fourth-order valence-electron chi connectivity index (χ4n) is 2.35. The summed E-state index contributed by atoms with van der Waals surface area (Å²) in [5, 5.41) is 8.81. The molecule has 1 aliphatic heterocycles. The van der Waals surface area contributed by atoms with E-state index >= 15 is 0 Å². The Morgan fingerprint density at radius 1 is 1.53 bits per heavy atom. The van der Waals surface area contributed by atoms with Gasteiger partial charge in [-0.05, 0) is 18.6 Å². The number of carboxylic acid groups (broad SMARTS) is 1. The molecule has 2 heterocycles. The number of carbonyl (C=O) groups excluding carboxylic acids is 1. The third-order valence-electron chi connectivity index (χ3n) is 3.56. The lowest BCUT2D eigenvalue weighted by Gasteiger charge is -2.30. The molecule has 2 rings (SSSR count). The molecule has 0 saturated carbocycles. The Morgan fingerprint density at radius 2 is 2.32 bits per heavy atom. The Morgan fingerprint density at radius 3 is 2.89 bits per heavy atom. The third-order valence-corrected chi connectivity index (χ3v) is 3.56. The summed E-state index contributed by atoms with van der Waals surface area (Å²) in [6.07, 6.45) is 2.86. The van der Waals surface area contributed by atoms with Gasteiger partial charge in [-0.2, -0.15) is 0 Å². The molecule has 1 aliphatic rings. The molecule has 1 N–H and O–H groups in total. The van der Waals surface area contributed by atoms with E-state index in [4.69, 9.17) is 5.11 Å². The third kappa shape index (κ3) is 3.38. The van der Waals surface area contributed by atoms with Gasteiger partial charge in [-0.25, -0.2) is 4.79 Å². The summed E-state index contributed by atoms with van der Waals surface area (Å²) in [5.41, 5.74) is 1.04. The van der Waals surface area contributed by atoms with Gasteiger partial charge in [0.1, 0.15) is 5.78 Å². The summed E-state index contributed by atoms with van der Waals surface area (Å²) >= 11 is 0. The molecule has 1 unspecified atom stereocenters. The highest BCUT2D eigenvalue weighted by molar-refractivity contribution is 5.87. The van der Waals surface area contributed by atoms with E-state index in [9.17, 15) is 9.59 Å². The van der Waals surface area contributed by atoms with E-state index in [0.29, 0.717) is 18.7 Å². The molecule has 19 heavy (non-hydrogen) atoms. The predicted molar refractivity (Wildman–Crippen MR) is 69.9 cm³/mol. The Bertz CT molecular complexity index is 470. The lowest BCUT2D eigenvalue weighted by molar-refractivity contribution is -0.126. The zero-order chi connectivity index (χ0) is 13.8. The number of carboxylic acids is 1. The first-order valence-electron chi connectivity index (χ1n) is 6.53. The first kappa shape index (κ1) is 13.7. The van der Waals surface area contributed by atoms with Crippen molar-refractivity contribution in [1.82, 2.24) is 9.88 Å². The maximum atomic E-state index is 11.6. The van der Waals surface area contributed by atoms with Gasteiger partial charge in [-0.1, -0.05) is 6.92 Å². The van der Waals surface area contributed by atoms with Crippen LogP contribution in [-0.4, -0.2) is 39.8 Å². The SMILES string of the molecule is CCC1CN(Cc2ccc(C(=O)O)cn2)CCC1=O. The summed E-state index contributed by atoms with van der Waals surface area (Å²) in [4.78, 5) is 28.7. The van der Waals surface area contributed by atoms with Crippen LogP contribution in [0.2, 0.25) is 0 Å². The maximum absolute atomic E-state index is 11.6. The fourth-order valence-corrected chi connectivity index (χ4v) is 2.35. The zero-order valence-corrected chi connectivity index (χ0v) is 11.0. The molecule has 5 heteroatoms. The number of Topliss-reactive ketones (excluding diaryl/α,β-unsaturated/α-hetero) is 1. The van der Waals surface area contributed by atoms with Crippen molar-refractivity contribution < 1.29 is 14.7 Å². The molecule has 0 aliphatic carbocycles. The van der Waals surface area contributed by atoms with Crippen LogP contribution in [0.4, 0.5) is 0 Å². The molecule has 1 saturated heterocycles. The van der Waals surface area contributed by atoms with E-state index in [1.807, 2.05) is 6.92 Å². The quantitative estimate of drug-likeness (QED) is 0.892. The topological polar surface area (TPSA) is 70.5 Å². The van der Waals surface area contributed by atoms with Crippen molar-refractivity contribution in [3.05, 3.63) is 29.6 Å². The van der Waals surface area contributed by atoms with Crippen molar-refractivity contribution in [2.45, 2.75) is 26.3 Å². The number of piperidine rings is 1. The largest absolute Gasteiger partial charge is 0.478 e. The van der Waals surface area contributed by atoms with Gasteiger partial charge in [0.15, 0.2) is 0 Å². The number of nitrogens with zero attached hydrogens (tertiary/aromatic N) is 2. The van der Waals surface area contributed by atoms with E-state index in [-0.39, 0.29) is 11.5 Å². The van der Waals surface area contributed by atoms with Crippen molar-refractivity contribution in [1.29, 1.82) is 0 Å². The fraction of sp³-hybridized carbons (Fsp3) is 0.500. The normalized spacial score (nSPS) is 20.5. The summed E-state index contributed by atoms with van der Waals surface area (Å²) in [6.45, 7) is 4.24. The van der Waals surface area contributed by atoms with Gasteiger partial charge >= 0.3 is 5.97 Å². The van der Waals surface area contributed by atoms with Crippen molar-refractivity contribution >= 4 is 11.8 Å². The number of pyridine rings is 1. The van der Waals surface area contributed by atoms with Gasteiger partial charge in [0, 0.05) is 38.2 Å². The smallest absolute Gasteiger partial charge is 0.337 e. The molecule has 102 valence electrons. The molecule has 0 radical (unpaired) electrons. The van der Waals surface area contributed by atoms with Crippen LogP contribution >= 0.6 is 0 Å². The molecule has 0 spiro atoms. The van der Waals surface area contributed by atoms with Crippen molar-refractivity contribution in [2.75, 3.05) is 13.1 Å². The number of rotatable bonds is 4. The Kier molecular flexibility index (Phi) is 4.27. The lowest BCUT2D eigenvalue weighted by Crippen LogP contribution is -2.40.